The highest BCUT2D eigenvalue weighted by molar-refractivity contribution is 7.09. The van der Waals surface area contributed by atoms with E-state index >= 15 is 0 Å². The molecular weight excluding hydrogens is 236 g/mol. The third kappa shape index (κ3) is 3.28. The molecule has 0 amide bonds. The highest BCUT2D eigenvalue weighted by Crippen LogP contribution is 2.11. The van der Waals surface area contributed by atoms with Gasteiger partial charge in [-0.3, -0.25) is 0 Å². The summed E-state index contributed by atoms with van der Waals surface area (Å²) in [6.07, 6.45) is 0.841. The minimum atomic E-state index is 0.178. The molecule has 0 atom stereocenters. The Hall–Kier alpha value is -1.89. The van der Waals surface area contributed by atoms with E-state index in [1.54, 1.807) is 17.4 Å². The lowest BCUT2D eigenvalue weighted by Gasteiger charge is -2.05. The van der Waals surface area contributed by atoms with Gasteiger partial charge in [0.15, 0.2) is 0 Å². The third-order valence-electron chi connectivity index (χ3n) is 2.12. The van der Waals surface area contributed by atoms with Crippen LogP contribution in [0, 0.1) is 6.92 Å². The van der Waals surface area contributed by atoms with Crippen LogP contribution in [-0.4, -0.2) is 21.5 Å². The number of nitrogen functional groups attached to an aromatic ring is 2. The predicted octanol–water partition coefficient (Wildman–Crippen LogP) is 1.06. The molecule has 0 saturated heterocycles. The van der Waals surface area contributed by atoms with E-state index in [9.17, 15) is 0 Å². The van der Waals surface area contributed by atoms with Crippen LogP contribution in [0.1, 0.15) is 10.7 Å². The summed E-state index contributed by atoms with van der Waals surface area (Å²) in [6.45, 7) is 2.73. The van der Waals surface area contributed by atoms with Crippen molar-refractivity contribution in [2.75, 3.05) is 23.3 Å². The fourth-order valence-electron chi connectivity index (χ4n) is 1.42. The SMILES string of the molecule is Cc1nc(CCNc2cc(N)nc(N)n2)cs1. The van der Waals surface area contributed by atoms with Crippen molar-refractivity contribution in [1.29, 1.82) is 0 Å². The quantitative estimate of drug-likeness (QED) is 0.749. The van der Waals surface area contributed by atoms with Gasteiger partial charge in [0.25, 0.3) is 0 Å². The molecule has 0 radical (unpaired) electrons. The number of nitrogens with one attached hydrogen (secondary N) is 1. The number of hydrogen-bond acceptors (Lipinski definition) is 7. The Kier molecular flexibility index (Phi) is 3.38. The van der Waals surface area contributed by atoms with Gasteiger partial charge in [-0.15, -0.1) is 11.3 Å². The van der Waals surface area contributed by atoms with Crippen LogP contribution in [-0.2, 0) is 6.42 Å². The molecule has 17 heavy (non-hydrogen) atoms. The molecule has 0 bridgehead atoms. The first-order valence-electron chi connectivity index (χ1n) is 5.18. The topological polar surface area (TPSA) is 103 Å². The molecule has 6 nitrogen and oxygen atoms in total. The van der Waals surface area contributed by atoms with E-state index in [1.165, 1.54) is 0 Å². The van der Waals surface area contributed by atoms with Gasteiger partial charge < -0.3 is 16.8 Å². The van der Waals surface area contributed by atoms with Crippen LogP contribution in [0.15, 0.2) is 11.4 Å². The third-order valence-corrected chi connectivity index (χ3v) is 2.94. The highest BCUT2D eigenvalue weighted by atomic mass is 32.1. The van der Waals surface area contributed by atoms with Gasteiger partial charge in [-0.05, 0) is 6.92 Å². The number of rotatable bonds is 4. The lowest BCUT2D eigenvalue weighted by Crippen LogP contribution is -2.09. The van der Waals surface area contributed by atoms with Gasteiger partial charge in [-0.1, -0.05) is 0 Å². The second kappa shape index (κ2) is 4.96. The van der Waals surface area contributed by atoms with Crippen molar-refractivity contribution in [3.63, 3.8) is 0 Å². The van der Waals surface area contributed by atoms with Crippen LogP contribution >= 0.6 is 11.3 Å². The normalized spacial score (nSPS) is 10.4. The Balaban J connectivity index is 1.89. The van der Waals surface area contributed by atoms with Crippen molar-refractivity contribution >= 4 is 28.9 Å². The molecule has 7 heteroatoms. The predicted molar refractivity (Wildman–Crippen MR) is 69.9 cm³/mol. The molecule has 2 aromatic heterocycles. The fraction of sp³-hybridized carbons (Fsp3) is 0.300. The number of nitrogens with zero attached hydrogens (tertiary/aromatic N) is 3. The Morgan fingerprint density at radius 3 is 2.76 bits per heavy atom. The maximum Gasteiger partial charge on any atom is 0.223 e. The van der Waals surface area contributed by atoms with E-state index in [4.69, 9.17) is 11.5 Å². The van der Waals surface area contributed by atoms with Crippen LogP contribution in [0.4, 0.5) is 17.6 Å². The van der Waals surface area contributed by atoms with Gasteiger partial charge in [0.2, 0.25) is 5.95 Å². The molecule has 90 valence electrons. The second-order valence-electron chi connectivity index (χ2n) is 3.57. The van der Waals surface area contributed by atoms with Gasteiger partial charge >= 0.3 is 0 Å². The number of hydrogen-bond donors (Lipinski definition) is 3. The zero-order valence-corrected chi connectivity index (χ0v) is 10.3. The number of aryl methyl sites for hydroxylation is 1. The monoisotopic (exact) mass is 250 g/mol. The molecule has 0 aliphatic rings. The van der Waals surface area contributed by atoms with Crippen molar-refractivity contribution in [3.05, 3.63) is 22.1 Å². The lowest BCUT2D eigenvalue weighted by atomic mass is 10.3. The molecule has 2 aromatic rings. The smallest absolute Gasteiger partial charge is 0.223 e. The summed E-state index contributed by atoms with van der Waals surface area (Å²) >= 11 is 1.65. The van der Waals surface area contributed by atoms with Gasteiger partial charge in [0.05, 0.1) is 10.7 Å². The molecule has 0 aliphatic carbocycles. The van der Waals surface area contributed by atoms with Gasteiger partial charge in [0.1, 0.15) is 11.6 Å². The van der Waals surface area contributed by atoms with Crippen molar-refractivity contribution in [2.45, 2.75) is 13.3 Å². The van der Waals surface area contributed by atoms with Crippen LogP contribution in [0.5, 0.6) is 0 Å². The summed E-state index contributed by atoms with van der Waals surface area (Å²) in [6, 6.07) is 1.66. The van der Waals surface area contributed by atoms with Gasteiger partial charge in [-0.2, -0.15) is 9.97 Å². The lowest BCUT2D eigenvalue weighted by molar-refractivity contribution is 0.959. The Morgan fingerprint density at radius 1 is 1.29 bits per heavy atom. The minimum absolute atomic E-state index is 0.178. The summed E-state index contributed by atoms with van der Waals surface area (Å²) in [7, 11) is 0. The van der Waals surface area contributed by atoms with E-state index in [-0.39, 0.29) is 5.95 Å². The largest absolute Gasteiger partial charge is 0.383 e. The van der Waals surface area contributed by atoms with E-state index < -0.39 is 0 Å². The molecule has 0 spiro atoms. The molecule has 2 heterocycles. The van der Waals surface area contributed by atoms with Crippen molar-refractivity contribution in [1.82, 2.24) is 15.0 Å². The standard InChI is InChI=1S/C10H14N6S/c1-6-14-7(5-17-6)2-3-13-9-4-8(11)15-10(12)16-9/h4-5H,2-3H2,1H3,(H5,11,12,13,15,16). The molecular formula is C10H14N6S. The maximum absolute atomic E-state index is 5.56. The summed E-state index contributed by atoms with van der Waals surface area (Å²) in [4.78, 5) is 12.2. The molecule has 2 rings (SSSR count). The summed E-state index contributed by atoms with van der Waals surface area (Å²) in [5.74, 6) is 1.18. The van der Waals surface area contributed by atoms with Gasteiger partial charge in [-0.25, -0.2) is 4.98 Å². The maximum atomic E-state index is 5.56. The molecule has 0 fully saturated rings. The number of thiazole rings is 1. The molecule has 0 aromatic carbocycles. The van der Waals surface area contributed by atoms with Crippen LogP contribution in [0.25, 0.3) is 0 Å². The first-order valence-corrected chi connectivity index (χ1v) is 6.06. The highest BCUT2D eigenvalue weighted by Gasteiger charge is 2.01. The summed E-state index contributed by atoms with van der Waals surface area (Å²) in [5.41, 5.74) is 12.1. The Labute approximate surface area is 103 Å². The summed E-state index contributed by atoms with van der Waals surface area (Å²) < 4.78 is 0. The van der Waals surface area contributed by atoms with Crippen molar-refractivity contribution < 1.29 is 0 Å². The van der Waals surface area contributed by atoms with E-state index in [0.29, 0.717) is 11.6 Å². The molecule has 5 N–H and O–H groups in total. The van der Waals surface area contributed by atoms with Crippen LogP contribution < -0.4 is 16.8 Å². The van der Waals surface area contributed by atoms with Crippen molar-refractivity contribution in [2.24, 2.45) is 0 Å². The second-order valence-corrected chi connectivity index (χ2v) is 4.63. The Bertz CT molecular complexity index is 489. The van der Waals surface area contributed by atoms with E-state index in [2.05, 4.69) is 25.6 Å². The fourth-order valence-corrected chi connectivity index (χ4v) is 2.06. The molecule has 0 unspecified atom stereocenters. The number of nitrogens with two attached hydrogens (primary N) is 2. The summed E-state index contributed by atoms with van der Waals surface area (Å²) in [5, 5.41) is 6.27. The first kappa shape index (κ1) is 11.6. The molecule has 0 saturated carbocycles. The average Bonchev–Trinajstić information content (AvgIpc) is 2.63. The Morgan fingerprint density at radius 2 is 2.12 bits per heavy atom. The average molecular weight is 250 g/mol. The zero-order valence-electron chi connectivity index (χ0n) is 9.47. The van der Waals surface area contributed by atoms with Crippen molar-refractivity contribution in [3.8, 4) is 0 Å². The zero-order chi connectivity index (χ0) is 12.3. The molecule has 0 aliphatic heterocycles. The minimum Gasteiger partial charge on any atom is -0.383 e. The number of anilines is 3. The van der Waals surface area contributed by atoms with E-state index in [1.807, 2.05) is 6.92 Å². The number of aromatic nitrogens is 3. The van der Waals surface area contributed by atoms with Gasteiger partial charge in [0, 0.05) is 24.4 Å². The van der Waals surface area contributed by atoms with Crippen LogP contribution in [0.3, 0.4) is 0 Å². The van der Waals surface area contributed by atoms with Crippen LogP contribution in [0.2, 0.25) is 0 Å². The van der Waals surface area contributed by atoms with E-state index in [0.717, 1.165) is 23.7 Å². The first-order chi connectivity index (χ1) is 8.13.